The number of unbranched alkanes of at least 4 members (excludes halogenated alkanes) is 2. The van der Waals surface area contributed by atoms with Crippen LogP contribution in [0.1, 0.15) is 173 Å². The minimum atomic E-state index is -2.44. The highest BCUT2D eigenvalue weighted by Gasteiger charge is 2.50. The summed E-state index contributed by atoms with van der Waals surface area (Å²) in [6.07, 6.45) is 15.6. The highest BCUT2D eigenvalue weighted by atomic mass is 32.2. The number of rotatable bonds is 39. The van der Waals surface area contributed by atoms with Gasteiger partial charge in [0.05, 0.1) is 134 Å². The number of aliphatic imine (C=N–C) groups is 1. The Hall–Kier alpha value is -7.72. The lowest BCUT2D eigenvalue weighted by Crippen LogP contribution is -2.58. The number of nitrogen functional groups attached to an aromatic ring is 1. The summed E-state index contributed by atoms with van der Waals surface area (Å²) < 4.78 is 68.1. The number of Topliss-reactive ketones (excluding diaryl/α,β-unsaturated/α-hetero) is 3. The number of aryl methyl sites for hydroxylation is 2. The summed E-state index contributed by atoms with van der Waals surface area (Å²) in [5.41, 5.74) is 17.4. The predicted octanol–water partition coefficient (Wildman–Crippen LogP) is 7.00. The second kappa shape index (κ2) is 52.4. The number of allylic oxidation sites excluding steroid dienone is 5. The number of ether oxygens (including phenoxy) is 11. The van der Waals surface area contributed by atoms with Gasteiger partial charge in [-0.05, 0) is 145 Å². The molecule has 9 rings (SSSR count). The first kappa shape index (κ1) is 99.1. The average Bonchev–Trinajstić information content (AvgIpc) is 1.71. The number of ketones is 3. The van der Waals surface area contributed by atoms with Gasteiger partial charge in [-0.25, -0.2) is 24.1 Å². The smallest absolute Gasteiger partial charge is 0.329 e. The van der Waals surface area contributed by atoms with Crippen molar-refractivity contribution >= 4 is 74.8 Å². The van der Waals surface area contributed by atoms with E-state index in [4.69, 9.17) is 68.7 Å². The molecule has 34 nitrogen and oxygen atoms in total. The molecule has 35 heteroatoms. The number of hydrogen-bond acceptors (Lipinski definition) is 30. The second-order valence-corrected chi connectivity index (χ2v) is 34.0. The number of methoxy groups -OCH3 is 2. The maximum atomic E-state index is 14.6. The molecule has 682 valence electrons. The first-order valence-corrected chi connectivity index (χ1v) is 44.9. The van der Waals surface area contributed by atoms with E-state index < -0.39 is 89.6 Å². The number of aliphatic hydroxyl groups is 3. The summed E-state index contributed by atoms with van der Waals surface area (Å²) >= 11 is 1.51. The standard InChI is InChI=1S/C88H133N13O21S/c1-58-19-9-8-10-20-59(2)72(112-6)54-67-24-18-29-88(111,122-67)81(107)85(109)100-32-14-11-25-69(100)86(110)121-73(55-70(102)60(3)50-62(5)79(105)80(106)78(104)61(4)49-58)68(89)51-63-26-27-71(74(52-63)113-7)120-35-16-12-23-66-56-99(98-96-66)34-37-115-39-41-117-43-45-119-47-46-118-44-42-116-40-38-114-36-28-75(103)91-30-13-15-33-101-83-76(82(90)93-57-94-83)77(97-101)64-21-17-22-65(53-64)84(108)95-87-92-31-48-123-87/h8-10,17,19-22,53,56-58,60-63,67-69,71-74,79-80,105-106,111H,11-16,18,23-52,54-55,89H2,1-7H3,(H,91,103)(H2,90,93,94)(H,92,95,108)/b10-8+,19-9+,59-20+/t58-,60-,61-,62+,63+,67+,68-,69+,71-,72+,73?,74-,79-,80+,88-/m1/s1. The van der Waals surface area contributed by atoms with Crippen LogP contribution < -0.4 is 22.1 Å². The molecule has 2 saturated heterocycles. The van der Waals surface area contributed by atoms with Crippen LogP contribution in [0.4, 0.5) is 5.82 Å². The number of nitrogens with one attached hydrogen (secondary N) is 2. The predicted molar refractivity (Wildman–Crippen MR) is 461 cm³/mol. The molecule has 2 bridgehead atoms. The quantitative estimate of drug-likeness (QED) is 0.0134. The number of aliphatic hydroxyl groups excluding tert-OH is 2. The number of thioether (sulfide) groups is 1. The zero-order chi connectivity index (χ0) is 88.1. The molecule has 1 saturated carbocycles. The Labute approximate surface area is 726 Å². The Morgan fingerprint density at radius 1 is 0.772 bits per heavy atom. The molecule has 9 N–H and O–H groups in total. The van der Waals surface area contributed by atoms with Crippen molar-refractivity contribution in [3.8, 4) is 11.3 Å². The zero-order valence-electron chi connectivity index (χ0n) is 72.8. The third kappa shape index (κ3) is 31.7. The van der Waals surface area contributed by atoms with Crippen LogP contribution in [-0.2, 0) is 100 Å². The van der Waals surface area contributed by atoms with Crippen molar-refractivity contribution in [2.24, 2.45) is 40.3 Å². The van der Waals surface area contributed by atoms with E-state index >= 15 is 0 Å². The molecule has 7 heterocycles. The summed E-state index contributed by atoms with van der Waals surface area (Å²) in [5.74, 6) is -7.63. The van der Waals surface area contributed by atoms with Crippen LogP contribution in [0.3, 0.4) is 0 Å². The Morgan fingerprint density at radius 2 is 1.50 bits per heavy atom. The Kier molecular flexibility index (Phi) is 42.2. The van der Waals surface area contributed by atoms with Crippen LogP contribution >= 0.6 is 11.8 Å². The monoisotopic (exact) mass is 1740 g/mol. The van der Waals surface area contributed by atoms with E-state index in [1.165, 1.54) is 18.1 Å². The maximum Gasteiger partial charge on any atom is 0.329 e. The third-order valence-electron chi connectivity index (χ3n) is 23.3. The summed E-state index contributed by atoms with van der Waals surface area (Å²) in [7, 11) is 3.21. The lowest BCUT2D eigenvalue weighted by molar-refractivity contribution is -0.245. The largest absolute Gasteiger partial charge is 0.459 e. The number of hydrogen-bond donors (Lipinski definition) is 7. The van der Waals surface area contributed by atoms with Crippen molar-refractivity contribution < 1.29 is 101 Å². The van der Waals surface area contributed by atoms with Gasteiger partial charge >= 0.3 is 5.97 Å². The lowest BCUT2D eigenvalue weighted by atomic mass is 9.79. The van der Waals surface area contributed by atoms with Crippen molar-refractivity contribution in [2.45, 2.75) is 237 Å². The SMILES string of the molecule is CO[C@H]1C[C@@H]2CCC[C@@](O)(O2)C(=O)C(=O)N2CCCC[C@H]2C(=O)OC([C@H](N)C[C@@H]2CC[C@@H](OCCCCc3cn(CCOCCOCCOCCOCCOCCOCCC(=O)NCCCCn4nc(-c5cccc(C(=O)NC6=NCCS6)c5)c5c(N)ncnc54)nn3)[C@H](OC)C2)CC(=O)[C@H](C)C[C@H](C)[C@@H](O)[C@@H](O)C(=O)[C@H](C)C[C@H](C)/C=C/C=C/C=C/1C. The summed E-state index contributed by atoms with van der Waals surface area (Å²) in [4.78, 5) is 111. The number of amides is 3. The normalized spacial score (nSPS) is 27.1. The highest BCUT2D eigenvalue weighted by Crippen LogP contribution is 2.37. The molecule has 1 aliphatic carbocycles. The Morgan fingerprint density at radius 3 is 2.22 bits per heavy atom. The van der Waals surface area contributed by atoms with Crippen LogP contribution in [0.25, 0.3) is 22.3 Å². The van der Waals surface area contributed by atoms with E-state index in [-0.39, 0.29) is 93.3 Å². The van der Waals surface area contributed by atoms with Crippen molar-refractivity contribution in [2.75, 3.05) is 131 Å². The van der Waals surface area contributed by atoms with Gasteiger partial charge < -0.3 is 94.4 Å². The van der Waals surface area contributed by atoms with E-state index in [1.54, 1.807) is 62.6 Å². The van der Waals surface area contributed by atoms with E-state index in [9.17, 15) is 48.9 Å². The van der Waals surface area contributed by atoms with E-state index in [0.29, 0.717) is 221 Å². The van der Waals surface area contributed by atoms with Gasteiger partial charge in [-0.2, -0.15) is 5.10 Å². The van der Waals surface area contributed by atoms with Gasteiger partial charge in [0.1, 0.15) is 41.9 Å². The van der Waals surface area contributed by atoms with Crippen molar-refractivity contribution in [1.82, 2.24) is 50.3 Å². The number of piperidine rings is 1. The van der Waals surface area contributed by atoms with Gasteiger partial charge in [0.15, 0.2) is 16.6 Å². The summed E-state index contributed by atoms with van der Waals surface area (Å²) in [6.45, 7) is 16.4. The molecule has 123 heavy (non-hydrogen) atoms. The summed E-state index contributed by atoms with van der Waals surface area (Å²) in [5, 5.41) is 55.0. The lowest BCUT2D eigenvalue weighted by Gasteiger charge is -2.40. The van der Waals surface area contributed by atoms with Gasteiger partial charge in [-0.15, -0.1) is 5.10 Å². The van der Waals surface area contributed by atoms with Crippen molar-refractivity contribution in [3.63, 3.8) is 0 Å². The number of amidine groups is 1. The second-order valence-electron chi connectivity index (χ2n) is 32.9. The van der Waals surface area contributed by atoms with E-state index in [2.05, 4.69) is 35.9 Å². The first-order valence-electron chi connectivity index (χ1n) is 43.9. The fraction of sp³-hybridized carbons (Fsp3) is 0.693. The average molecular weight is 1740 g/mol. The topological polar surface area (TPSA) is 448 Å². The number of carbonyl (C=O) groups is 7. The molecule has 4 aromatic rings. The Bertz CT molecular complexity index is 4110. The summed E-state index contributed by atoms with van der Waals surface area (Å²) in [6, 6.07) is 5.09. The number of fused-ring (bicyclic) bond motifs is 4. The number of aromatic nitrogens is 7. The molecule has 3 aromatic heterocycles. The number of esters is 1. The first-order chi connectivity index (χ1) is 59.4. The van der Waals surface area contributed by atoms with Crippen LogP contribution in [-0.4, -0.2) is 287 Å². The fourth-order valence-corrected chi connectivity index (χ4v) is 16.9. The molecule has 15 atom stereocenters. The third-order valence-corrected chi connectivity index (χ3v) is 24.2. The molecule has 3 fully saturated rings. The molecule has 5 aliphatic rings. The maximum absolute atomic E-state index is 14.6. The number of cyclic esters (lactones) is 1. The molecule has 4 aliphatic heterocycles. The van der Waals surface area contributed by atoms with Crippen LogP contribution in [0, 0.1) is 29.6 Å². The van der Waals surface area contributed by atoms with Gasteiger partial charge in [0.2, 0.25) is 11.7 Å². The molecule has 0 radical (unpaired) electrons. The number of anilines is 1. The number of nitrogens with zero attached hydrogens (tertiary/aromatic N) is 9. The van der Waals surface area contributed by atoms with Gasteiger partial charge in [-0.3, -0.25) is 33.8 Å². The van der Waals surface area contributed by atoms with E-state index in [1.807, 2.05) is 56.5 Å². The molecular formula is C88H133N13O21S. The number of carbonyl (C=O) groups excluding carboxylic acids is 7. The molecular weight excluding hydrogens is 1610 g/mol. The van der Waals surface area contributed by atoms with Crippen LogP contribution in [0.5, 0.6) is 0 Å². The van der Waals surface area contributed by atoms with Gasteiger partial charge in [-0.1, -0.05) is 87.2 Å². The number of nitrogens with two attached hydrogens (primary N) is 2. The number of benzene rings is 1. The molecule has 1 unspecified atom stereocenters. The van der Waals surface area contributed by atoms with Crippen molar-refractivity contribution in [1.29, 1.82) is 0 Å². The van der Waals surface area contributed by atoms with Crippen LogP contribution in [0.15, 0.2) is 77.7 Å². The molecule has 3 amide bonds. The van der Waals surface area contributed by atoms with Gasteiger partial charge in [0, 0.05) is 107 Å². The fourth-order valence-electron chi connectivity index (χ4n) is 16.2. The van der Waals surface area contributed by atoms with Gasteiger partial charge in [0.25, 0.3) is 17.6 Å². The Balaban J connectivity index is 0.601. The highest BCUT2D eigenvalue weighted by molar-refractivity contribution is 8.14. The minimum Gasteiger partial charge on any atom is -0.459 e. The van der Waals surface area contributed by atoms with Crippen molar-refractivity contribution in [3.05, 3.63) is 84.0 Å². The minimum absolute atomic E-state index is 0.0150. The zero-order valence-corrected chi connectivity index (χ0v) is 73.6. The van der Waals surface area contributed by atoms with E-state index in [0.717, 1.165) is 34.8 Å². The molecule has 0 spiro atoms. The molecule has 1 aromatic carbocycles. The van der Waals surface area contributed by atoms with Crippen LogP contribution in [0.2, 0.25) is 0 Å².